The summed E-state index contributed by atoms with van der Waals surface area (Å²) in [6, 6.07) is 19.7. The van der Waals surface area contributed by atoms with Crippen LogP contribution in [-0.2, 0) is 6.42 Å². The van der Waals surface area contributed by atoms with E-state index in [1.54, 1.807) is 7.11 Å². The van der Waals surface area contributed by atoms with Crippen LogP contribution in [0.25, 0.3) is 16.9 Å². The summed E-state index contributed by atoms with van der Waals surface area (Å²) >= 11 is 3.59. The number of aromatic nitrogens is 2. The van der Waals surface area contributed by atoms with E-state index in [-0.39, 0.29) is 6.42 Å². The van der Waals surface area contributed by atoms with Crippen molar-refractivity contribution in [1.29, 1.82) is 5.26 Å². The summed E-state index contributed by atoms with van der Waals surface area (Å²) in [5.74, 6) is 0.789. The molecule has 0 bridgehead atoms. The SMILES string of the molecule is COc1ccc(-c2nn(-c3ccccc3)c(Br)c2CC#N)cc1. The molecule has 1 aromatic heterocycles. The third-order valence-electron chi connectivity index (χ3n) is 3.54. The molecule has 2 aromatic carbocycles. The lowest BCUT2D eigenvalue weighted by Gasteiger charge is -2.02. The summed E-state index contributed by atoms with van der Waals surface area (Å²) in [5, 5.41) is 13.9. The highest BCUT2D eigenvalue weighted by atomic mass is 79.9. The van der Waals surface area contributed by atoms with E-state index in [1.165, 1.54) is 0 Å². The fourth-order valence-electron chi connectivity index (χ4n) is 2.39. The van der Waals surface area contributed by atoms with Gasteiger partial charge in [0, 0.05) is 11.1 Å². The van der Waals surface area contributed by atoms with Crippen LogP contribution in [-0.4, -0.2) is 16.9 Å². The second-order valence-corrected chi connectivity index (χ2v) is 5.68. The molecule has 0 saturated heterocycles. The zero-order valence-corrected chi connectivity index (χ0v) is 14.1. The summed E-state index contributed by atoms with van der Waals surface area (Å²) in [6.45, 7) is 0. The van der Waals surface area contributed by atoms with Crippen LogP contribution in [0.4, 0.5) is 0 Å². The molecule has 0 fully saturated rings. The Morgan fingerprint density at radius 1 is 1.13 bits per heavy atom. The second kappa shape index (κ2) is 6.67. The molecule has 0 saturated carbocycles. The highest BCUT2D eigenvalue weighted by Crippen LogP contribution is 2.32. The maximum atomic E-state index is 9.15. The van der Waals surface area contributed by atoms with E-state index >= 15 is 0 Å². The van der Waals surface area contributed by atoms with Crippen molar-refractivity contribution in [3.63, 3.8) is 0 Å². The van der Waals surface area contributed by atoms with Crippen LogP contribution >= 0.6 is 15.9 Å². The number of benzene rings is 2. The molecule has 0 radical (unpaired) electrons. The molecular formula is C18H14BrN3O. The third kappa shape index (κ3) is 2.99. The zero-order valence-electron chi connectivity index (χ0n) is 12.5. The molecule has 0 aliphatic carbocycles. The summed E-state index contributed by atoms with van der Waals surface area (Å²) in [5.41, 5.74) is 3.57. The maximum Gasteiger partial charge on any atom is 0.118 e. The number of para-hydroxylation sites is 1. The predicted octanol–water partition coefficient (Wildman–Crippen LogP) is 4.38. The van der Waals surface area contributed by atoms with Gasteiger partial charge in [0.05, 0.1) is 31.0 Å². The number of rotatable bonds is 4. The van der Waals surface area contributed by atoms with Gasteiger partial charge in [-0.15, -0.1) is 0 Å². The van der Waals surface area contributed by atoms with E-state index in [9.17, 15) is 0 Å². The molecule has 0 aliphatic heterocycles. The number of ether oxygens (including phenoxy) is 1. The van der Waals surface area contributed by atoms with E-state index in [2.05, 4.69) is 22.0 Å². The van der Waals surface area contributed by atoms with Crippen molar-refractivity contribution in [1.82, 2.24) is 9.78 Å². The van der Waals surface area contributed by atoms with E-state index < -0.39 is 0 Å². The van der Waals surface area contributed by atoms with Crippen molar-refractivity contribution >= 4 is 15.9 Å². The Morgan fingerprint density at radius 2 is 1.83 bits per heavy atom. The lowest BCUT2D eigenvalue weighted by Crippen LogP contribution is -1.96. The Morgan fingerprint density at radius 3 is 2.43 bits per heavy atom. The van der Waals surface area contributed by atoms with Crippen LogP contribution in [0.2, 0.25) is 0 Å². The standard InChI is InChI=1S/C18H14BrN3O/c1-23-15-9-7-13(8-10-15)17-16(11-12-20)18(19)22(21-17)14-5-3-2-4-6-14/h2-10H,11H2,1H3. The highest BCUT2D eigenvalue weighted by Gasteiger charge is 2.18. The molecule has 3 aromatic rings. The highest BCUT2D eigenvalue weighted by molar-refractivity contribution is 9.10. The fourth-order valence-corrected chi connectivity index (χ4v) is 3.00. The number of hydrogen-bond acceptors (Lipinski definition) is 3. The Kier molecular flexibility index (Phi) is 4.45. The van der Waals surface area contributed by atoms with Crippen molar-refractivity contribution in [3.05, 3.63) is 64.8 Å². The Labute approximate surface area is 143 Å². The van der Waals surface area contributed by atoms with Crippen LogP contribution in [0, 0.1) is 11.3 Å². The van der Waals surface area contributed by atoms with Crippen LogP contribution in [0.15, 0.2) is 59.2 Å². The molecule has 0 amide bonds. The zero-order chi connectivity index (χ0) is 16.2. The lowest BCUT2D eigenvalue weighted by atomic mass is 10.1. The van der Waals surface area contributed by atoms with Gasteiger partial charge in [-0.05, 0) is 52.3 Å². The first-order chi connectivity index (χ1) is 11.2. The van der Waals surface area contributed by atoms with Gasteiger partial charge in [-0.2, -0.15) is 10.4 Å². The first kappa shape index (κ1) is 15.3. The first-order valence-electron chi connectivity index (χ1n) is 7.08. The van der Waals surface area contributed by atoms with Gasteiger partial charge < -0.3 is 4.74 Å². The topological polar surface area (TPSA) is 50.8 Å². The number of methoxy groups -OCH3 is 1. The van der Waals surface area contributed by atoms with Gasteiger partial charge in [0.2, 0.25) is 0 Å². The predicted molar refractivity (Wildman–Crippen MR) is 92.6 cm³/mol. The Hall–Kier alpha value is -2.58. The number of hydrogen-bond donors (Lipinski definition) is 0. The average molecular weight is 368 g/mol. The molecule has 0 unspecified atom stereocenters. The first-order valence-corrected chi connectivity index (χ1v) is 7.88. The summed E-state index contributed by atoms with van der Waals surface area (Å²) in [7, 11) is 1.64. The summed E-state index contributed by atoms with van der Waals surface area (Å²) < 4.78 is 7.81. The van der Waals surface area contributed by atoms with Crippen molar-refractivity contribution < 1.29 is 4.74 Å². The normalized spacial score (nSPS) is 10.3. The van der Waals surface area contributed by atoms with Crippen LogP contribution in [0.1, 0.15) is 5.56 Å². The largest absolute Gasteiger partial charge is 0.497 e. The molecule has 3 rings (SSSR count). The van der Waals surface area contributed by atoms with Crippen molar-refractivity contribution in [2.45, 2.75) is 6.42 Å². The second-order valence-electron chi connectivity index (χ2n) is 4.93. The molecule has 23 heavy (non-hydrogen) atoms. The summed E-state index contributed by atoms with van der Waals surface area (Å²) in [4.78, 5) is 0. The smallest absolute Gasteiger partial charge is 0.118 e. The molecule has 114 valence electrons. The van der Waals surface area contributed by atoms with Gasteiger partial charge in [0.15, 0.2) is 0 Å². The molecule has 0 atom stereocenters. The van der Waals surface area contributed by atoms with Gasteiger partial charge in [-0.1, -0.05) is 18.2 Å². The molecule has 1 heterocycles. The van der Waals surface area contributed by atoms with Crippen LogP contribution in [0.3, 0.4) is 0 Å². The summed E-state index contributed by atoms with van der Waals surface area (Å²) in [6.07, 6.45) is 0.286. The molecule has 0 aliphatic rings. The molecule has 0 N–H and O–H groups in total. The third-order valence-corrected chi connectivity index (χ3v) is 4.36. The van der Waals surface area contributed by atoms with Crippen molar-refractivity contribution in [2.24, 2.45) is 0 Å². The van der Waals surface area contributed by atoms with Crippen molar-refractivity contribution in [3.8, 4) is 28.8 Å². The van der Waals surface area contributed by atoms with Gasteiger partial charge in [-0.3, -0.25) is 0 Å². The minimum absolute atomic E-state index is 0.286. The number of halogens is 1. The average Bonchev–Trinajstić information content (AvgIpc) is 2.93. The number of nitriles is 1. The lowest BCUT2D eigenvalue weighted by molar-refractivity contribution is 0.415. The molecule has 4 nitrogen and oxygen atoms in total. The van der Waals surface area contributed by atoms with Gasteiger partial charge in [0.25, 0.3) is 0 Å². The fraction of sp³-hybridized carbons (Fsp3) is 0.111. The van der Waals surface area contributed by atoms with Gasteiger partial charge in [0.1, 0.15) is 10.4 Å². The van der Waals surface area contributed by atoms with E-state index in [1.807, 2.05) is 59.3 Å². The monoisotopic (exact) mass is 367 g/mol. The van der Waals surface area contributed by atoms with Crippen molar-refractivity contribution in [2.75, 3.05) is 7.11 Å². The van der Waals surface area contributed by atoms with E-state index in [0.29, 0.717) is 0 Å². The minimum atomic E-state index is 0.286. The molecule has 5 heteroatoms. The molecule has 0 spiro atoms. The number of nitrogens with zero attached hydrogens (tertiary/aromatic N) is 3. The Bertz CT molecular complexity index is 848. The van der Waals surface area contributed by atoms with Crippen LogP contribution < -0.4 is 4.74 Å². The minimum Gasteiger partial charge on any atom is -0.497 e. The van der Waals surface area contributed by atoms with Gasteiger partial charge in [-0.25, -0.2) is 4.68 Å². The quantitative estimate of drug-likeness (QED) is 0.687. The Balaban J connectivity index is 2.14. The van der Waals surface area contributed by atoms with Gasteiger partial charge >= 0.3 is 0 Å². The maximum absolute atomic E-state index is 9.15. The van der Waals surface area contributed by atoms with Crippen LogP contribution in [0.5, 0.6) is 5.75 Å². The van der Waals surface area contributed by atoms with E-state index in [0.717, 1.165) is 32.9 Å². The molecular weight excluding hydrogens is 354 g/mol. The van der Waals surface area contributed by atoms with E-state index in [4.69, 9.17) is 15.1 Å².